The molecular formula is C14H12N4. The van der Waals surface area contributed by atoms with Gasteiger partial charge in [0.2, 0.25) is 0 Å². The van der Waals surface area contributed by atoms with Crippen molar-refractivity contribution < 1.29 is 0 Å². The van der Waals surface area contributed by atoms with Crippen molar-refractivity contribution in [2.75, 3.05) is 0 Å². The summed E-state index contributed by atoms with van der Waals surface area (Å²) < 4.78 is 0. The number of aromatic nitrogens is 4. The lowest BCUT2D eigenvalue weighted by Crippen LogP contribution is -1.91. The lowest BCUT2D eigenvalue weighted by atomic mass is 9.93. The standard InChI is InChI=1S/C13H10.CH2N4/c1-4-10-6-2-8-12-9-3-7-11(5-1)13(10)12;1-2-4-5-3-1/h1-8H,9H2;1H,(H,2,3,4,5). The molecule has 0 radical (unpaired) electrons. The van der Waals surface area contributed by atoms with E-state index in [1.807, 2.05) is 0 Å². The number of tetrazole rings is 1. The third-order valence-corrected chi connectivity index (χ3v) is 2.93. The van der Waals surface area contributed by atoms with Crippen molar-refractivity contribution in [3.63, 3.8) is 0 Å². The van der Waals surface area contributed by atoms with Crippen LogP contribution in [0.15, 0.2) is 48.8 Å². The van der Waals surface area contributed by atoms with E-state index in [2.05, 4.69) is 69.2 Å². The maximum Gasteiger partial charge on any atom is 0.161 e. The third-order valence-electron chi connectivity index (χ3n) is 2.93. The summed E-state index contributed by atoms with van der Waals surface area (Å²) in [6.07, 6.45) is 6.86. The van der Waals surface area contributed by atoms with Crippen molar-refractivity contribution >= 4 is 16.8 Å². The van der Waals surface area contributed by atoms with E-state index >= 15 is 0 Å². The van der Waals surface area contributed by atoms with E-state index in [0.717, 1.165) is 6.42 Å². The van der Waals surface area contributed by atoms with Crippen molar-refractivity contribution in [2.45, 2.75) is 6.42 Å². The third kappa shape index (κ3) is 2.00. The first kappa shape index (κ1) is 10.7. The molecule has 0 saturated carbocycles. The van der Waals surface area contributed by atoms with E-state index < -0.39 is 0 Å². The molecule has 18 heavy (non-hydrogen) atoms. The maximum absolute atomic E-state index is 3.38. The predicted molar refractivity (Wildman–Crippen MR) is 70.9 cm³/mol. The van der Waals surface area contributed by atoms with Crippen molar-refractivity contribution in [2.24, 2.45) is 0 Å². The molecular weight excluding hydrogens is 224 g/mol. The fourth-order valence-corrected chi connectivity index (χ4v) is 2.20. The summed E-state index contributed by atoms with van der Waals surface area (Å²) in [6.45, 7) is 0. The summed E-state index contributed by atoms with van der Waals surface area (Å²) in [6, 6.07) is 13.0. The molecule has 3 aromatic rings. The Morgan fingerprint density at radius 3 is 2.67 bits per heavy atom. The smallest absolute Gasteiger partial charge is 0.161 e. The molecule has 0 spiro atoms. The number of H-pyrrole nitrogens is 1. The second-order valence-electron chi connectivity index (χ2n) is 4.03. The highest BCUT2D eigenvalue weighted by atomic mass is 15.5. The quantitative estimate of drug-likeness (QED) is 0.652. The molecule has 4 heteroatoms. The van der Waals surface area contributed by atoms with E-state index in [1.165, 1.54) is 28.2 Å². The first-order valence-corrected chi connectivity index (χ1v) is 5.79. The Kier molecular flexibility index (Phi) is 2.84. The van der Waals surface area contributed by atoms with Crippen molar-refractivity contribution in [1.29, 1.82) is 0 Å². The Hall–Kier alpha value is -2.49. The SMILES string of the molecule is C1=Cc2cccc3cccc(c23)C1.c1nn[nH]n1. The number of benzene rings is 2. The number of nitrogens with zero attached hydrogens (tertiary/aromatic N) is 3. The molecule has 0 bridgehead atoms. The Balaban J connectivity index is 0.000000169. The molecule has 2 aromatic carbocycles. The number of allylic oxidation sites excluding steroid dienone is 1. The summed E-state index contributed by atoms with van der Waals surface area (Å²) in [5, 5.41) is 15.0. The predicted octanol–water partition coefficient (Wildman–Crippen LogP) is 2.61. The highest BCUT2D eigenvalue weighted by Gasteiger charge is 2.06. The van der Waals surface area contributed by atoms with Crippen LogP contribution in [0, 0.1) is 0 Å². The fraction of sp³-hybridized carbons (Fsp3) is 0.0714. The summed E-state index contributed by atoms with van der Waals surface area (Å²) >= 11 is 0. The van der Waals surface area contributed by atoms with Crippen LogP contribution in [0.1, 0.15) is 11.1 Å². The van der Waals surface area contributed by atoms with Crippen LogP contribution in [0.2, 0.25) is 0 Å². The molecule has 0 aliphatic heterocycles. The minimum atomic E-state index is 1.08. The van der Waals surface area contributed by atoms with Crippen molar-refractivity contribution in [3.8, 4) is 0 Å². The molecule has 0 unspecified atom stereocenters. The van der Waals surface area contributed by atoms with Crippen LogP contribution in [0.4, 0.5) is 0 Å². The lowest BCUT2D eigenvalue weighted by molar-refractivity contribution is 0.881. The molecule has 1 aliphatic rings. The van der Waals surface area contributed by atoms with Gasteiger partial charge >= 0.3 is 0 Å². The van der Waals surface area contributed by atoms with E-state index in [4.69, 9.17) is 0 Å². The summed E-state index contributed by atoms with van der Waals surface area (Å²) in [5.74, 6) is 0. The summed E-state index contributed by atoms with van der Waals surface area (Å²) in [5.41, 5.74) is 2.81. The largest absolute Gasteiger partial charge is 0.177 e. The van der Waals surface area contributed by atoms with E-state index in [1.54, 1.807) is 0 Å². The second kappa shape index (κ2) is 4.79. The van der Waals surface area contributed by atoms with Gasteiger partial charge in [-0.1, -0.05) is 53.8 Å². The van der Waals surface area contributed by atoms with Crippen LogP contribution in [-0.4, -0.2) is 20.6 Å². The Morgan fingerprint density at radius 2 is 1.94 bits per heavy atom. The van der Waals surface area contributed by atoms with Gasteiger partial charge in [0.25, 0.3) is 0 Å². The number of hydrogen-bond donors (Lipinski definition) is 1. The molecule has 0 saturated heterocycles. The van der Waals surface area contributed by atoms with E-state index in [9.17, 15) is 0 Å². The van der Waals surface area contributed by atoms with Gasteiger partial charge in [0, 0.05) is 0 Å². The van der Waals surface area contributed by atoms with E-state index in [0.29, 0.717) is 0 Å². The molecule has 0 fully saturated rings. The van der Waals surface area contributed by atoms with Crippen LogP contribution in [-0.2, 0) is 6.42 Å². The highest BCUT2D eigenvalue weighted by Crippen LogP contribution is 2.27. The van der Waals surface area contributed by atoms with Gasteiger partial charge in [-0.25, -0.2) is 0 Å². The first-order valence-electron chi connectivity index (χ1n) is 5.79. The average molecular weight is 236 g/mol. The van der Waals surface area contributed by atoms with Gasteiger partial charge in [0.15, 0.2) is 6.33 Å². The zero-order chi connectivity index (χ0) is 12.2. The molecule has 0 amide bonds. The zero-order valence-electron chi connectivity index (χ0n) is 9.74. The molecule has 1 aliphatic carbocycles. The highest BCUT2D eigenvalue weighted by molar-refractivity contribution is 5.94. The Morgan fingerprint density at radius 1 is 1.06 bits per heavy atom. The van der Waals surface area contributed by atoms with E-state index in [-0.39, 0.29) is 0 Å². The van der Waals surface area contributed by atoms with Crippen LogP contribution in [0.3, 0.4) is 0 Å². The van der Waals surface area contributed by atoms with Gasteiger partial charge in [-0.05, 0) is 28.3 Å². The van der Waals surface area contributed by atoms with Gasteiger partial charge in [-0.15, -0.1) is 10.2 Å². The van der Waals surface area contributed by atoms with Gasteiger partial charge in [-0.2, -0.15) is 5.21 Å². The molecule has 4 nitrogen and oxygen atoms in total. The molecule has 88 valence electrons. The monoisotopic (exact) mass is 236 g/mol. The maximum atomic E-state index is 3.38. The molecule has 1 N–H and O–H groups in total. The van der Waals surface area contributed by atoms with Crippen molar-refractivity contribution in [1.82, 2.24) is 20.6 Å². The molecule has 1 aromatic heterocycles. The Bertz CT molecular complexity index is 649. The normalized spacial score (nSPS) is 12.0. The number of nitrogens with one attached hydrogen (secondary N) is 1. The average Bonchev–Trinajstić information content (AvgIpc) is 2.99. The van der Waals surface area contributed by atoms with Crippen LogP contribution >= 0.6 is 0 Å². The fourth-order valence-electron chi connectivity index (χ4n) is 2.20. The summed E-state index contributed by atoms with van der Waals surface area (Å²) in [7, 11) is 0. The van der Waals surface area contributed by atoms with Crippen LogP contribution < -0.4 is 0 Å². The lowest BCUT2D eigenvalue weighted by Gasteiger charge is -2.11. The Labute approximate surface area is 104 Å². The summed E-state index contributed by atoms with van der Waals surface area (Å²) in [4.78, 5) is 0. The van der Waals surface area contributed by atoms with Crippen molar-refractivity contribution in [3.05, 3.63) is 59.9 Å². The number of rotatable bonds is 0. The number of aromatic amines is 1. The minimum absolute atomic E-state index is 1.08. The zero-order valence-corrected chi connectivity index (χ0v) is 9.74. The molecule has 1 heterocycles. The molecule has 0 atom stereocenters. The topological polar surface area (TPSA) is 54.5 Å². The van der Waals surface area contributed by atoms with Crippen LogP contribution in [0.25, 0.3) is 16.8 Å². The van der Waals surface area contributed by atoms with Gasteiger partial charge in [-0.3, -0.25) is 0 Å². The number of hydrogen-bond acceptors (Lipinski definition) is 3. The molecule has 4 rings (SSSR count). The van der Waals surface area contributed by atoms with Gasteiger partial charge in [0.05, 0.1) is 0 Å². The minimum Gasteiger partial charge on any atom is -0.177 e. The van der Waals surface area contributed by atoms with Crippen LogP contribution in [0.5, 0.6) is 0 Å². The first-order chi connectivity index (χ1) is 8.95. The second-order valence-corrected chi connectivity index (χ2v) is 4.03. The van der Waals surface area contributed by atoms with Gasteiger partial charge < -0.3 is 0 Å². The van der Waals surface area contributed by atoms with Gasteiger partial charge in [0.1, 0.15) is 0 Å².